The van der Waals surface area contributed by atoms with E-state index in [2.05, 4.69) is 24.1 Å². The molecule has 0 amide bonds. The molecule has 0 aromatic heterocycles. The van der Waals surface area contributed by atoms with Crippen LogP contribution in [0.25, 0.3) is 0 Å². The third-order valence-corrected chi connectivity index (χ3v) is 3.32. The highest BCUT2D eigenvalue weighted by molar-refractivity contribution is 6.17. The Kier molecular flexibility index (Phi) is 7.86. The van der Waals surface area contributed by atoms with Crippen molar-refractivity contribution in [1.29, 1.82) is 0 Å². The molecule has 1 rings (SSSR count). The molecule has 0 saturated carbocycles. The lowest BCUT2D eigenvalue weighted by atomic mass is 10.1. The van der Waals surface area contributed by atoms with Gasteiger partial charge >= 0.3 is 0 Å². The monoisotopic (exact) mass is 269 g/mol. The van der Waals surface area contributed by atoms with E-state index in [1.165, 1.54) is 24.8 Å². The minimum Gasteiger partial charge on any atom is -0.496 e. The predicted octanol–water partition coefficient (Wildman–Crippen LogP) is 3.93. The fourth-order valence-electron chi connectivity index (χ4n) is 2.03. The molecule has 0 aliphatic heterocycles. The molecule has 1 aromatic carbocycles. The average Bonchev–Trinajstić information content (AvgIpc) is 2.39. The minimum atomic E-state index is 0.789. The zero-order chi connectivity index (χ0) is 13.2. The maximum absolute atomic E-state index is 5.66. The van der Waals surface area contributed by atoms with Gasteiger partial charge < -0.3 is 9.64 Å². The zero-order valence-corrected chi connectivity index (χ0v) is 12.2. The number of alkyl halides is 1. The Hall–Kier alpha value is -0.730. The van der Waals surface area contributed by atoms with Gasteiger partial charge in [-0.15, -0.1) is 11.6 Å². The van der Waals surface area contributed by atoms with Gasteiger partial charge in [-0.2, -0.15) is 0 Å². The molecule has 0 saturated heterocycles. The number of hydrogen-bond acceptors (Lipinski definition) is 2. The second-order valence-electron chi connectivity index (χ2n) is 4.65. The van der Waals surface area contributed by atoms with Crippen molar-refractivity contribution >= 4 is 11.6 Å². The van der Waals surface area contributed by atoms with Gasteiger partial charge in [-0.05, 0) is 32.5 Å². The van der Waals surface area contributed by atoms with Gasteiger partial charge in [0.15, 0.2) is 0 Å². The van der Waals surface area contributed by atoms with Crippen LogP contribution in [0.2, 0.25) is 0 Å². The molecule has 0 heterocycles. The van der Waals surface area contributed by atoms with Crippen molar-refractivity contribution in [2.24, 2.45) is 0 Å². The Bertz CT molecular complexity index is 330. The summed E-state index contributed by atoms with van der Waals surface area (Å²) in [5.41, 5.74) is 1.25. The predicted molar refractivity (Wildman–Crippen MR) is 78.5 cm³/mol. The van der Waals surface area contributed by atoms with E-state index in [4.69, 9.17) is 16.3 Å². The summed E-state index contributed by atoms with van der Waals surface area (Å²) in [5.74, 6) is 1.77. The van der Waals surface area contributed by atoms with Gasteiger partial charge in [-0.3, -0.25) is 0 Å². The van der Waals surface area contributed by atoms with Gasteiger partial charge in [-0.25, -0.2) is 0 Å². The molecule has 0 aliphatic carbocycles. The van der Waals surface area contributed by atoms with Crippen LogP contribution in [0.5, 0.6) is 5.75 Å². The van der Waals surface area contributed by atoms with Crippen molar-refractivity contribution in [1.82, 2.24) is 4.90 Å². The number of rotatable bonds is 9. The van der Waals surface area contributed by atoms with Crippen LogP contribution in [0, 0.1) is 0 Å². The van der Waals surface area contributed by atoms with Crippen LogP contribution in [0.15, 0.2) is 24.3 Å². The number of ether oxygens (including phenoxy) is 1. The number of benzene rings is 1. The number of halogens is 1. The highest BCUT2D eigenvalue weighted by atomic mass is 35.5. The summed E-state index contributed by atoms with van der Waals surface area (Å²) in [5, 5.41) is 0. The standard InChI is InChI=1S/C15H24ClNO/c1-17(12-8-4-3-7-11-16)13-14-9-5-6-10-15(14)18-2/h5-6,9-10H,3-4,7-8,11-13H2,1-2H3. The van der Waals surface area contributed by atoms with Crippen LogP contribution >= 0.6 is 11.6 Å². The topological polar surface area (TPSA) is 12.5 Å². The Balaban J connectivity index is 2.28. The summed E-state index contributed by atoms with van der Waals surface area (Å²) in [7, 11) is 3.89. The molecule has 0 atom stereocenters. The van der Waals surface area contributed by atoms with Crippen molar-refractivity contribution < 1.29 is 4.74 Å². The average molecular weight is 270 g/mol. The van der Waals surface area contributed by atoms with Gasteiger partial charge in [0.25, 0.3) is 0 Å². The van der Waals surface area contributed by atoms with E-state index in [0.717, 1.165) is 31.1 Å². The van der Waals surface area contributed by atoms with Crippen molar-refractivity contribution in [2.45, 2.75) is 32.2 Å². The summed E-state index contributed by atoms with van der Waals surface area (Å²) in [6.45, 7) is 2.07. The molecule has 0 spiro atoms. The summed E-state index contributed by atoms with van der Waals surface area (Å²) in [6, 6.07) is 8.22. The SMILES string of the molecule is COc1ccccc1CN(C)CCCCCCCl. The number of para-hydroxylation sites is 1. The second-order valence-corrected chi connectivity index (χ2v) is 5.03. The summed E-state index contributed by atoms with van der Waals surface area (Å²) in [4.78, 5) is 2.35. The van der Waals surface area contributed by atoms with Crippen molar-refractivity contribution in [2.75, 3.05) is 26.6 Å². The number of methoxy groups -OCH3 is 1. The van der Waals surface area contributed by atoms with Crippen molar-refractivity contribution in [3.05, 3.63) is 29.8 Å². The van der Waals surface area contributed by atoms with Crippen LogP contribution < -0.4 is 4.74 Å². The first kappa shape index (κ1) is 15.3. The van der Waals surface area contributed by atoms with Crippen LogP contribution in [0.4, 0.5) is 0 Å². The second kappa shape index (κ2) is 9.23. The van der Waals surface area contributed by atoms with E-state index < -0.39 is 0 Å². The van der Waals surface area contributed by atoms with Gasteiger partial charge in [0.05, 0.1) is 7.11 Å². The Morgan fingerprint density at radius 2 is 1.83 bits per heavy atom. The lowest BCUT2D eigenvalue weighted by Gasteiger charge is -2.18. The fourth-order valence-corrected chi connectivity index (χ4v) is 2.22. The number of nitrogens with zero attached hydrogens (tertiary/aromatic N) is 1. The van der Waals surface area contributed by atoms with Crippen molar-refractivity contribution in [3.8, 4) is 5.75 Å². The quantitative estimate of drug-likeness (QED) is 0.498. The molecular weight excluding hydrogens is 246 g/mol. The maximum atomic E-state index is 5.66. The van der Waals surface area contributed by atoms with Gasteiger partial charge in [0.1, 0.15) is 5.75 Å². The lowest BCUT2D eigenvalue weighted by Crippen LogP contribution is -2.19. The molecule has 0 N–H and O–H groups in total. The molecule has 18 heavy (non-hydrogen) atoms. The van der Waals surface area contributed by atoms with E-state index in [1.807, 2.05) is 12.1 Å². The van der Waals surface area contributed by atoms with E-state index in [-0.39, 0.29) is 0 Å². The van der Waals surface area contributed by atoms with E-state index in [1.54, 1.807) is 7.11 Å². The van der Waals surface area contributed by atoms with E-state index >= 15 is 0 Å². The third kappa shape index (κ3) is 5.74. The molecular formula is C15H24ClNO. The molecule has 0 radical (unpaired) electrons. The van der Waals surface area contributed by atoms with Crippen molar-refractivity contribution in [3.63, 3.8) is 0 Å². The highest BCUT2D eigenvalue weighted by Crippen LogP contribution is 2.18. The van der Waals surface area contributed by atoms with Crippen LogP contribution in [-0.4, -0.2) is 31.5 Å². The van der Waals surface area contributed by atoms with E-state index in [9.17, 15) is 0 Å². The fraction of sp³-hybridized carbons (Fsp3) is 0.600. The lowest BCUT2D eigenvalue weighted by molar-refractivity contribution is 0.309. The van der Waals surface area contributed by atoms with Crippen LogP contribution in [-0.2, 0) is 6.54 Å². The molecule has 0 unspecified atom stereocenters. The van der Waals surface area contributed by atoms with Gasteiger partial charge in [0, 0.05) is 18.0 Å². The zero-order valence-electron chi connectivity index (χ0n) is 11.5. The number of unbranched alkanes of at least 4 members (excludes halogenated alkanes) is 3. The molecule has 0 aliphatic rings. The largest absolute Gasteiger partial charge is 0.496 e. The molecule has 0 fully saturated rings. The smallest absolute Gasteiger partial charge is 0.123 e. The maximum Gasteiger partial charge on any atom is 0.123 e. The molecule has 102 valence electrons. The molecule has 3 heteroatoms. The first-order valence-corrected chi connectivity index (χ1v) is 7.17. The molecule has 2 nitrogen and oxygen atoms in total. The first-order valence-electron chi connectivity index (χ1n) is 6.64. The van der Waals surface area contributed by atoms with Gasteiger partial charge in [-0.1, -0.05) is 31.0 Å². The normalized spacial score (nSPS) is 10.9. The molecule has 1 aromatic rings. The minimum absolute atomic E-state index is 0.789. The third-order valence-electron chi connectivity index (χ3n) is 3.06. The summed E-state index contributed by atoms with van der Waals surface area (Å²) >= 11 is 5.66. The van der Waals surface area contributed by atoms with Crippen LogP contribution in [0.3, 0.4) is 0 Å². The summed E-state index contributed by atoms with van der Waals surface area (Å²) < 4.78 is 5.36. The Labute approximate surface area is 116 Å². The van der Waals surface area contributed by atoms with E-state index in [0.29, 0.717) is 0 Å². The van der Waals surface area contributed by atoms with Gasteiger partial charge in [0.2, 0.25) is 0 Å². The summed E-state index contributed by atoms with van der Waals surface area (Å²) in [6.07, 6.45) is 4.88. The first-order chi connectivity index (χ1) is 8.77. The van der Waals surface area contributed by atoms with Crippen LogP contribution in [0.1, 0.15) is 31.2 Å². The Morgan fingerprint density at radius 1 is 1.11 bits per heavy atom. The highest BCUT2D eigenvalue weighted by Gasteiger charge is 2.05. The molecule has 0 bridgehead atoms. The number of hydrogen-bond donors (Lipinski definition) is 0. The Morgan fingerprint density at radius 3 is 2.56 bits per heavy atom.